The van der Waals surface area contributed by atoms with Crippen LogP contribution in [-0.4, -0.2) is 11.7 Å². The van der Waals surface area contributed by atoms with E-state index in [1.54, 1.807) is 18.2 Å². The van der Waals surface area contributed by atoms with Crippen LogP contribution in [0.2, 0.25) is 0 Å². The van der Waals surface area contributed by atoms with Crippen LogP contribution in [-0.2, 0) is 6.42 Å². The van der Waals surface area contributed by atoms with Crippen LogP contribution >= 0.6 is 0 Å². The maximum Gasteiger partial charge on any atom is 0.122 e. The number of hydrogen-bond acceptors (Lipinski definition) is 3. The van der Waals surface area contributed by atoms with Crippen LogP contribution in [0.1, 0.15) is 5.56 Å². The molecule has 0 aliphatic heterocycles. The van der Waals surface area contributed by atoms with E-state index < -0.39 is 0 Å². The second kappa shape index (κ2) is 5.25. The average Bonchev–Trinajstić information content (AvgIpc) is 2.32. The van der Waals surface area contributed by atoms with Crippen LogP contribution in [0, 0.1) is 0 Å². The highest BCUT2D eigenvalue weighted by Gasteiger charge is 1.97. The first-order valence-corrected chi connectivity index (χ1v) is 5.50. The predicted molar refractivity (Wildman–Crippen MR) is 68.2 cm³/mol. The summed E-state index contributed by atoms with van der Waals surface area (Å²) >= 11 is 0. The molecule has 2 aromatic carbocycles. The van der Waals surface area contributed by atoms with Crippen molar-refractivity contribution in [3.05, 3.63) is 54.1 Å². The molecular formula is C14H15NO2. The Morgan fingerprint density at radius 3 is 2.53 bits per heavy atom. The second-order valence-corrected chi connectivity index (χ2v) is 3.84. The van der Waals surface area contributed by atoms with Gasteiger partial charge in [0, 0.05) is 18.2 Å². The lowest BCUT2D eigenvalue weighted by Crippen LogP contribution is -2.01. The van der Waals surface area contributed by atoms with Gasteiger partial charge in [-0.15, -0.1) is 0 Å². The van der Waals surface area contributed by atoms with Crippen LogP contribution in [0.15, 0.2) is 48.5 Å². The molecule has 0 fully saturated rings. The Hall–Kier alpha value is -2.16. The van der Waals surface area contributed by atoms with Gasteiger partial charge in [-0.2, -0.15) is 0 Å². The van der Waals surface area contributed by atoms with Crippen molar-refractivity contribution in [3.63, 3.8) is 0 Å². The third kappa shape index (κ3) is 3.41. The number of nitrogens with two attached hydrogens (primary N) is 1. The minimum absolute atomic E-state index is 0.218. The van der Waals surface area contributed by atoms with Crippen molar-refractivity contribution in [2.75, 3.05) is 12.3 Å². The number of aromatic hydroxyl groups is 1. The first-order chi connectivity index (χ1) is 8.24. The molecule has 3 heteroatoms. The molecule has 0 spiro atoms. The first-order valence-electron chi connectivity index (χ1n) is 5.50. The summed E-state index contributed by atoms with van der Waals surface area (Å²) in [5.74, 6) is 0.899. The molecule has 0 heterocycles. The SMILES string of the molecule is Nc1ccc(CCOc2cccc(O)c2)cc1. The molecule has 17 heavy (non-hydrogen) atoms. The number of phenols is 1. The van der Waals surface area contributed by atoms with Gasteiger partial charge in [-0.3, -0.25) is 0 Å². The number of hydrogen-bond donors (Lipinski definition) is 2. The molecule has 0 atom stereocenters. The van der Waals surface area contributed by atoms with Crippen LogP contribution in [0.4, 0.5) is 5.69 Å². The zero-order valence-corrected chi connectivity index (χ0v) is 9.47. The van der Waals surface area contributed by atoms with Gasteiger partial charge in [0.25, 0.3) is 0 Å². The van der Waals surface area contributed by atoms with E-state index in [1.165, 1.54) is 5.56 Å². The number of anilines is 1. The van der Waals surface area contributed by atoms with E-state index >= 15 is 0 Å². The van der Waals surface area contributed by atoms with Crippen LogP contribution in [0.25, 0.3) is 0 Å². The summed E-state index contributed by atoms with van der Waals surface area (Å²) in [6.45, 7) is 0.577. The molecule has 0 amide bonds. The monoisotopic (exact) mass is 229 g/mol. The summed E-state index contributed by atoms with van der Waals surface area (Å²) in [5.41, 5.74) is 7.55. The fourth-order valence-corrected chi connectivity index (χ4v) is 1.54. The number of benzene rings is 2. The highest BCUT2D eigenvalue weighted by Crippen LogP contribution is 2.17. The van der Waals surface area contributed by atoms with Gasteiger partial charge in [0.1, 0.15) is 11.5 Å². The molecule has 0 aromatic heterocycles. The van der Waals surface area contributed by atoms with Crippen molar-refractivity contribution in [3.8, 4) is 11.5 Å². The first kappa shape index (κ1) is 11.3. The molecule has 0 saturated heterocycles. The minimum atomic E-state index is 0.218. The molecular weight excluding hydrogens is 214 g/mol. The van der Waals surface area contributed by atoms with E-state index in [2.05, 4.69) is 0 Å². The lowest BCUT2D eigenvalue weighted by molar-refractivity contribution is 0.320. The summed E-state index contributed by atoms with van der Waals surface area (Å²) in [6.07, 6.45) is 0.815. The molecule has 0 radical (unpaired) electrons. The fraction of sp³-hybridized carbons (Fsp3) is 0.143. The summed E-state index contributed by atoms with van der Waals surface area (Å²) in [6, 6.07) is 14.5. The quantitative estimate of drug-likeness (QED) is 0.792. The van der Waals surface area contributed by atoms with Crippen LogP contribution in [0.3, 0.4) is 0 Å². The highest BCUT2D eigenvalue weighted by molar-refractivity contribution is 5.39. The number of phenolic OH excluding ortho intramolecular Hbond substituents is 1. The van der Waals surface area contributed by atoms with Crippen LogP contribution in [0.5, 0.6) is 11.5 Å². The molecule has 3 nitrogen and oxygen atoms in total. The van der Waals surface area contributed by atoms with E-state index in [4.69, 9.17) is 10.5 Å². The smallest absolute Gasteiger partial charge is 0.122 e. The summed E-state index contributed by atoms with van der Waals surface area (Å²) in [7, 11) is 0. The van der Waals surface area contributed by atoms with Crippen molar-refractivity contribution >= 4 is 5.69 Å². The third-order valence-electron chi connectivity index (χ3n) is 2.46. The van der Waals surface area contributed by atoms with Gasteiger partial charge in [0.2, 0.25) is 0 Å². The predicted octanol–water partition coefficient (Wildman–Crippen LogP) is 2.60. The second-order valence-electron chi connectivity index (χ2n) is 3.84. The van der Waals surface area contributed by atoms with Gasteiger partial charge in [-0.05, 0) is 29.8 Å². The number of nitrogen functional groups attached to an aromatic ring is 1. The molecule has 2 rings (SSSR count). The Labute approximate surface area is 100 Å². The van der Waals surface area contributed by atoms with Crippen molar-refractivity contribution in [1.29, 1.82) is 0 Å². The number of rotatable bonds is 4. The molecule has 3 N–H and O–H groups in total. The Morgan fingerprint density at radius 2 is 1.82 bits per heavy atom. The number of ether oxygens (including phenoxy) is 1. The van der Waals surface area contributed by atoms with Crippen molar-refractivity contribution in [1.82, 2.24) is 0 Å². The molecule has 0 bridgehead atoms. The van der Waals surface area contributed by atoms with Gasteiger partial charge < -0.3 is 15.6 Å². The minimum Gasteiger partial charge on any atom is -0.508 e. The van der Waals surface area contributed by atoms with Crippen LogP contribution < -0.4 is 10.5 Å². The van der Waals surface area contributed by atoms with E-state index in [-0.39, 0.29) is 5.75 Å². The summed E-state index contributed by atoms with van der Waals surface area (Å²) in [4.78, 5) is 0. The summed E-state index contributed by atoms with van der Waals surface area (Å²) in [5, 5.41) is 9.27. The van der Waals surface area contributed by atoms with Gasteiger partial charge in [0.15, 0.2) is 0 Å². The van der Waals surface area contributed by atoms with Gasteiger partial charge in [-0.25, -0.2) is 0 Å². The van der Waals surface area contributed by atoms with Crippen molar-refractivity contribution in [2.45, 2.75) is 6.42 Å². The Kier molecular flexibility index (Phi) is 3.50. The fourth-order valence-electron chi connectivity index (χ4n) is 1.54. The molecule has 0 aliphatic rings. The molecule has 0 unspecified atom stereocenters. The van der Waals surface area contributed by atoms with E-state index in [9.17, 15) is 5.11 Å². The van der Waals surface area contributed by atoms with Gasteiger partial charge in [0.05, 0.1) is 6.61 Å². The average molecular weight is 229 g/mol. The maximum atomic E-state index is 9.27. The van der Waals surface area contributed by atoms with Gasteiger partial charge in [-0.1, -0.05) is 18.2 Å². The lowest BCUT2D eigenvalue weighted by atomic mass is 10.1. The highest BCUT2D eigenvalue weighted by atomic mass is 16.5. The third-order valence-corrected chi connectivity index (χ3v) is 2.46. The zero-order valence-electron chi connectivity index (χ0n) is 9.47. The summed E-state index contributed by atoms with van der Waals surface area (Å²) < 4.78 is 5.53. The van der Waals surface area contributed by atoms with E-state index in [1.807, 2.05) is 30.3 Å². The Balaban J connectivity index is 1.85. The van der Waals surface area contributed by atoms with E-state index in [0.717, 1.165) is 12.1 Å². The largest absolute Gasteiger partial charge is 0.508 e. The van der Waals surface area contributed by atoms with E-state index in [0.29, 0.717) is 12.4 Å². The standard InChI is InChI=1S/C14H15NO2/c15-12-6-4-11(5-7-12)8-9-17-14-3-1-2-13(16)10-14/h1-7,10,16H,8-9,15H2. The van der Waals surface area contributed by atoms with Gasteiger partial charge >= 0.3 is 0 Å². The maximum absolute atomic E-state index is 9.27. The van der Waals surface area contributed by atoms with Crippen molar-refractivity contribution in [2.24, 2.45) is 0 Å². The molecule has 0 aliphatic carbocycles. The lowest BCUT2D eigenvalue weighted by Gasteiger charge is -2.06. The Morgan fingerprint density at radius 1 is 1.06 bits per heavy atom. The van der Waals surface area contributed by atoms with Crippen molar-refractivity contribution < 1.29 is 9.84 Å². The molecule has 2 aromatic rings. The zero-order chi connectivity index (χ0) is 12.1. The Bertz CT molecular complexity index is 480. The topological polar surface area (TPSA) is 55.5 Å². The molecule has 88 valence electrons. The molecule has 0 saturated carbocycles. The normalized spacial score (nSPS) is 10.1.